The van der Waals surface area contributed by atoms with Gasteiger partial charge in [-0.05, 0) is 18.9 Å². The predicted molar refractivity (Wildman–Crippen MR) is 85.1 cm³/mol. The lowest BCUT2D eigenvalue weighted by Crippen LogP contribution is -2.58. The summed E-state index contributed by atoms with van der Waals surface area (Å²) in [6.45, 7) is 1.15. The minimum absolute atomic E-state index is 0.155. The van der Waals surface area contributed by atoms with E-state index < -0.39 is 24.2 Å². The molecule has 138 valence electrons. The molecule has 8 heteroatoms. The maximum absolute atomic E-state index is 13.3. The summed E-state index contributed by atoms with van der Waals surface area (Å²) in [7, 11) is 1.44. The van der Waals surface area contributed by atoms with E-state index in [1.807, 2.05) is 0 Å². The number of hydrogen-bond acceptors (Lipinski definition) is 3. The molecule has 1 N–H and O–H groups in total. The van der Waals surface area contributed by atoms with Gasteiger partial charge in [0.25, 0.3) is 0 Å². The van der Waals surface area contributed by atoms with Gasteiger partial charge in [-0.25, -0.2) is 0 Å². The molecular weight excluding hydrogens is 337 g/mol. The molecule has 2 rings (SSSR count). The number of alkyl halides is 3. The first-order chi connectivity index (χ1) is 11.7. The summed E-state index contributed by atoms with van der Waals surface area (Å²) in [6, 6.07) is 4.41. The highest BCUT2D eigenvalue weighted by atomic mass is 19.4. The first-order valence-electron chi connectivity index (χ1n) is 7.97. The molecule has 0 aromatic heterocycles. The number of nitrogens with one attached hydrogen (secondary N) is 1. The fourth-order valence-corrected chi connectivity index (χ4v) is 3.11. The van der Waals surface area contributed by atoms with Crippen molar-refractivity contribution in [1.29, 1.82) is 0 Å². The van der Waals surface area contributed by atoms with E-state index in [2.05, 4.69) is 5.32 Å². The van der Waals surface area contributed by atoms with E-state index in [1.54, 1.807) is 24.3 Å². The molecule has 0 radical (unpaired) electrons. The lowest BCUT2D eigenvalue weighted by atomic mass is 9.96. The van der Waals surface area contributed by atoms with Gasteiger partial charge in [0.15, 0.2) is 0 Å². The number of hydrogen-bond donors (Lipinski definition) is 1. The van der Waals surface area contributed by atoms with Crippen molar-refractivity contribution in [3.8, 4) is 5.75 Å². The molecular formula is C17H21F3N2O3. The van der Waals surface area contributed by atoms with Gasteiger partial charge in [0.05, 0.1) is 13.5 Å². The van der Waals surface area contributed by atoms with Crippen LogP contribution in [0.3, 0.4) is 0 Å². The third-order valence-corrected chi connectivity index (χ3v) is 4.22. The third-order valence-electron chi connectivity index (χ3n) is 4.22. The van der Waals surface area contributed by atoms with Crippen LogP contribution in [0, 0.1) is 0 Å². The van der Waals surface area contributed by atoms with Crippen molar-refractivity contribution in [3.63, 3.8) is 0 Å². The number of rotatable bonds is 4. The number of halogens is 3. The standard InChI is InChI=1S/C17H21F3N2O3/c1-11(23)21-13-7-8-15(17(18,19)20)22(10-13)16(24)9-12-5-3-4-6-14(12)25-2/h3-6,13,15H,7-10H2,1-2H3,(H,21,23)/t13-,15-/m0/s1. The lowest BCUT2D eigenvalue weighted by Gasteiger charge is -2.40. The van der Waals surface area contributed by atoms with Crippen LogP contribution in [-0.4, -0.2) is 48.6 Å². The second kappa shape index (κ2) is 7.76. The largest absolute Gasteiger partial charge is 0.496 e. The van der Waals surface area contributed by atoms with E-state index in [-0.39, 0.29) is 31.7 Å². The Morgan fingerprint density at radius 3 is 2.56 bits per heavy atom. The molecule has 0 unspecified atom stereocenters. The number of nitrogens with zero attached hydrogens (tertiary/aromatic N) is 1. The van der Waals surface area contributed by atoms with Crippen molar-refractivity contribution < 1.29 is 27.5 Å². The molecule has 1 aromatic rings. The van der Waals surface area contributed by atoms with Gasteiger partial charge in [0.1, 0.15) is 11.8 Å². The van der Waals surface area contributed by atoms with Crippen LogP contribution in [0.5, 0.6) is 5.75 Å². The van der Waals surface area contributed by atoms with Crippen molar-refractivity contribution >= 4 is 11.8 Å². The van der Waals surface area contributed by atoms with Gasteiger partial charge >= 0.3 is 6.18 Å². The molecule has 1 aliphatic heterocycles. The van der Waals surface area contributed by atoms with Gasteiger partial charge in [-0.1, -0.05) is 18.2 Å². The number of amides is 2. The molecule has 25 heavy (non-hydrogen) atoms. The first-order valence-corrected chi connectivity index (χ1v) is 7.97. The van der Waals surface area contributed by atoms with Crippen LogP contribution < -0.4 is 10.1 Å². The average Bonchev–Trinajstić information content (AvgIpc) is 2.53. The number of para-hydroxylation sites is 1. The van der Waals surface area contributed by atoms with E-state index in [1.165, 1.54) is 14.0 Å². The fourth-order valence-electron chi connectivity index (χ4n) is 3.11. The SMILES string of the molecule is COc1ccccc1CC(=O)N1C[C@@H](NC(C)=O)CC[C@H]1C(F)(F)F. The molecule has 0 saturated carbocycles. The second-order valence-electron chi connectivity index (χ2n) is 6.07. The molecule has 1 saturated heterocycles. The smallest absolute Gasteiger partial charge is 0.408 e. The zero-order valence-electron chi connectivity index (χ0n) is 14.1. The Hall–Kier alpha value is -2.25. The quantitative estimate of drug-likeness (QED) is 0.899. The van der Waals surface area contributed by atoms with Crippen molar-refractivity contribution in [1.82, 2.24) is 10.2 Å². The second-order valence-corrected chi connectivity index (χ2v) is 6.07. The van der Waals surface area contributed by atoms with Gasteiger partial charge < -0.3 is 15.0 Å². The zero-order valence-corrected chi connectivity index (χ0v) is 14.1. The molecule has 0 bridgehead atoms. The highest BCUT2D eigenvalue weighted by Gasteiger charge is 2.48. The molecule has 2 amide bonds. The van der Waals surface area contributed by atoms with Gasteiger partial charge in [-0.15, -0.1) is 0 Å². The molecule has 1 aromatic carbocycles. The number of ether oxygens (including phenoxy) is 1. The topological polar surface area (TPSA) is 58.6 Å². The predicted octanol–water partition coefficient (Wildman–Crippen LogP) is 2.30. The van der Waals surface area contributed by atoms with E-state index in [9.17, 15) is 22.8 Å². The average molecular weight is 358 g/mol. The van der Waals surface area contributed by atoms with Crippen molar-refractivity contribution in [2.75, 3.05) is 13.7 Å². The normalized spacial score (nSPS) is 20.9. The van der Waals surface area contributed by atoms with E-state index in [0.29, 0.717) is 11.3 Å². The highest BCUT2D eigenvalue weighted by Crippen LogP contribution is 2.33. The van der Waals surface area contributed by atoms with E-state index >= 15 is 0 Å². The van der Waals surface area contributed by atoms with Gasteiger partial charge in [-0.2, -0.15) is 13.2 Å². The van der Waals surface area contributed by atoms with Crippen LogP contribution in [-0.2, 0) is 16.0 Å². The molecule has 1 aliphatic rings. The minimum Gasteiger partial charge on any atom is -0.496 e. The molecule has 1 heterocycles. The minimum atomic E-state index is -4.50. The lowest BCUT2D eigenvalue weighted by molar-refractivity contribution is -0.197. The van der Waals surface area contributed by atoms with Crippen LogP contribution in [0.15, 0.2) is 24.3 Å². The van der Waals surface area contributed by atoms with Crippen LogP contribution in [0.1, 0.15) is 25.3 Å². The number of carbonyl (C=O) groups is 2. The molecule has 1 fully saturated rings. The Bertz CT molecular complexity index is 634. The number of benzene rings is 1. The molecule has 5 nitrogen and oxygen atoms in total. The number of methoxy groups -OCH3 is 1. The summed E-state index contributed by atoms with van der Waals surface area (Å²) in [6.07, 6.45) is -4.74. The third kappa shape index (κ3) is 4.87. The van der Waals surface area contributed by atoms with E-state index in [4.69, 9.17) is 4.74 Å². The summed E-state index contributed by atoms with van der Waals surface area (Å²) < 4.78 is 45.1. The van der Waals surface area contributed by atoms with Crippen molar-refractivity contribution in [3.05, 3.63) is 29.8 Å². The Kier molecular flexibility index (Phi) is 5.92. The van der Waals surface area contributed by atoms with Gasteiger partial charge in [0, 0.05) is 25.1 Å². The van der Waals surface area contributed by atoms with Crippen molar-refractivity contribution in [2.45, 2.75) is 44.4 Å². The van der Waals surface area contributed by atoms with E-state index in [0.717, 1.165) is 4.90 Å². The Morgan fingerprint density at radius 2 is 1.96 bits per heavy atom. The molecule has 0 spiro atoms. The van der Waals surface area contributed by atoms with Crippen LogP contribution >= 0.6 is 0 Å². The summed E-state index contributed by atoms with van der Waals surface area (Å²) in [5.41, 5.74) is 0.526. The zero-order chi connectivity index (χ0) is 18.6. The Morgan fingerprint density at radius 1 is 1.28 bits per heavy atom. The van der Waals surface area contributed by atoms with Crippen LogP contribution in [0.25, 0.3) is 0 Å². The summed E-state index contributed by atoms with van der Waals surface area (Å²) in [5.74, 6) is -0.510. The Balaban J connectivity index is 2.19. The summed E-state index contributed by atoms with van der Waals surface area (Å²) in [5, 5.41) is 2.60. The molecule has 2 atom stereocenters. The van der Waals surface area contributed by atoms with Gasteiger partial charge in [0.2, 0.25) is 11.8 Å². The van der Waals surface area contributed by atoms with Crippen LogP contribution in [0.2, 0.25) is 0 Å². The summed E-state index contributed by atoms with van der Waals surface area (Å²) in [4.78, 5) is 24.6. The maximum atomic E-state index is 13.3. The molecule has 0 aliphatic carbocycles. The summed E-state index contributed by atoms with van der Waals surface area (Å²) >= 11 is 0. The van der Waals surface area contributed by atoms with Gasteiger partial charge in [-0.3, -0.25) is 9.59 Å². The number of carbonyl (C=O) groups excluding carboxylic acids is 2. The number of piperidine rings is 1. The first kappa shape index (κ1) is 19.1. The number of likely N-dealkylation sites (tertiary alicyclic amines) is 1. The fraction of sp³-hybridized carbons (Fsp3) is 0.529. The van der Waals surface area contributed by atoms with Crippen LogP contribution in [0.4, 0.5) is 13.2 Å². The highest BCUT2D eigenvalue weighted by molar-refractivity contribution is 5.80. The monoisotopic (exact) mass is 358 g/mol. The van der Waals surface area contributed by atoms with Crippen molar-refractivity contribution in [2.24, 2.45) is 0 Å². The maximum Gasteiger partial charge on any atom is 0.408 e. The Labute approximate surface area is 144 Å².